The molecule has 0 amide bonds. The maximum absolute atomic E-state index is 12.6. The zero-order valence-corrected chi connectivity index (χ0v) is 13.8. The second-order valence-corrected chi connectivity index (χ2v) is 6.29. The first kappa shape index (κ1) is 17.3. The van der Waals surface area contributed by atoms with Crippen molar-refractivity contribution in [3.8, 4) is 5.75 Å². The quantitative estimate of drug-likeness (QED) is 0.608. The molecule has 0 saturated heterocycles. The molecule has 0 aromatic carbocycles. The van der Waals surface area contributed by atoms with E-state index in [2.05, 4.69) is 9.72 Å². The van der Waals surface area contributed by atoms with E-state index >= 15 is 0 Å². The molecule has 0 spiro atoms. The third kappa shape index (κ3) is 3.31. The fraction of sp³-hybridized carbons (Fsp3) is 0.357. The molecule has 9 heteroatoms. The zero-order chi connectivity index (χ0) is 17.1. The number of rotatable bonds is 5. The van der Waals surface area contributed by atoms with E-state index in [0.717, 1.165) is 7.11 Å². The molecule has 1 atom stereocenters. The number of carbonyl (C=O) groups is 1. The Bertz CT molecular complexity index is 790. The molecule has 0 radical (unpaired) electrons. The van der Waals surface area contributed by atoms with Crippen LogP contribution in [-0.2, 0) is 22.6 Å². The standard InChI is InChI=1S/C14H17N3O5S/c1-16(23(3)21)7-8-17-9-5-4-6-15-11(9)12(18)10(13(17)19)14(20)22-2/h4-6,18H,7-8H2,1-3H3. The lowest BCUT2D eigenvalue weighted by Gasteiger charge is -2.18. The van der Waals surface area contributed by atoms with Gasteiger partial charge in [-0.3, -0.25) is 9.78 Å². The number of hydrogen-bond acceptors (Lipinski definition) is 7. The molecular formula is C14H17N3O5S. The lowest BCUT2D eigenvalue weighted by Crippen LogP contribution is -2.34. The monoisotopic (exact) mass is 339 g/mol. The highest BCUT2D eigenvalue weighted by Crippen LogP contribution is 2.24. The van der Waals surface area contributed by atoms with Crippen molar-refractivity contribution in [3.05, 3.63) is 34.2 Å². The Morgan fingerprint density at radius 3 is 2.87 bits per heavy atom. The second kappa shape index (κ2) is 6.99. The number of carbonyl (C=O) groups excluding carboxylic acids is 1. The number of aromatic hydroxyl groups is 1. The van der Waals surface area contributed by atoms with Gasteiger partial charge in [-0.15, -0.1) is 4.31 Å². The van der Waals surface area contributed by atoms with E-state index in [4.69, 9.17) is 0 Å². The second-order valence-electron chi connectivity index (χ2n) is 4.82. The van der Waals surface area contributed by atoms with Crippen LogP contribution in [0.4, 0.5) is 0 Å². The highest BCUT2D eigenvalue weighted by atomic mass is 32.2. The average molecular weight is 339 g/mol. The molecule has 1 N–H and O–H groups in total. The van der Waals surface area contributed by atoms with E-state index in [0.29, 0.717) is 12.1 Å². The van der Waals surface area contributed by atoms with Crippen LogP contribution in [-0.4, -0.2) is 56.4 Å². The van der Waals surface area contributed by atoms with Gasteiger partial charge in [0.05, 0.1) is 19.2 Å². The van der Waals surface area contributed by atoms with Crippen molar-refractivity contribution in [1.29, 1.82) is 0 Å². The van der Waals surface area contributed by atoms with Crippen molar-refractivity contribution in [2.75, 3.05) is 27.0 Å². The number of ether oxygens (including phenoxy) is 1. The van der Waals surface area contributed by atoms with Crippen molar-refractivity contribution in [2.24, 2.45) is 0 Å². The number of likely N-dealkylation sites (N-methyl/N-ethyl adjacent to an activating group) is 1. The topological polar surface area (TPSA) is 108 Å². The minimum atomic E-state index is -1.18. The molecule has 23 heavy (non-hydrogen) atoms. The predicted octanol–water partition coefficient (Wildman–Crippen LogP) is 0.114. The van der Waals surface area contributed by atoms with Crippen molar-refractivity contribution >= 4 is 28.4 Å². The van der Waals surface area contributed by atoms with Crippen molar-refractivity contribution in [1.82, 2.24) is 13.9 Å². The van der Waals surface area contributed by atoms with E-state index in [1.807, 2.05) is 0 Å². The summed E-state index contributed by atoms with van der Waals surface area (Å²) in [7, 11) is 2.78. The van der Waals surface area contributed by atoms with Crippen LogP contribution >= 0.6 is 0 Å². The Hall–Kier alpha value is -2.10. The number of nitrogens with zero attached hydrogens (tertiary/aromatic N) is 3. The summed E-state index contributed by atoms with van der Waals surface area (Å²) in [4.78, 5) is 28.4. The lowest BCUT2D eigenvalue weighted by molar-refractivity contribution is 0.0595. The molecule has 1 unspecified atom stereocenters. The third-order valence-corrected chi connectivity index (χ3v) is 4.52. The average Bonchev–Trinajstić information content (AvgIpc) is 2.54. The normalized spacial score (nSPS) is 12.6. The summed E-state index contributed by atoms with van der Waals surface area (Å²) in [5.74, 6) is -1.43. The van der Waals surface area contributed by atoms with Crippen molar-refractivity contribution < 1.29 is 19.2 Å². The summed E-state index contributed by atoms with van der Waals surface area (Å²) < 4.78 is 18.9. The van der Waals surface area contributed by atoms with Gasteiger partial charge in [-0.05, 0) is 12.1 Å². The van der Waals surface area contributed by atoms with Gasteiger partial charge >= 0.3 is 5.97 Å². The fourth-order valence-electron chi connectivity index (χ4n) is 2.14. The molecule has 0 bridgehead atoms. The molecule has 2 rings (SSSR count). The zero-order valence-electron chi connectivity index (χ0n) is 13.0. The summed E-state index contributed by atoms with van der Waals surface area (Å²) >= 11 is -1.18. The summed E-state index contributed by atoms with van der Waals surface area (Å²) in [6.45, 7) is 0.500. The van der Waals surface area contributed by atoms with Gasteiger partial charge in [-0.2, -0.15) is 0 Å². The Balaban J connectivity index is 2.62. The summed E-state index contributed by atoms with van der Waals surface area (Å²) in [6.07, 6.45) is 2.98. The minimum Gasteiger partial charge on any atom is -0.598 e. The molecule has 0 aliphatic heterocycles. The van der Waals surface area contributed by atoms with Crippen LogP contribution in [0, 0.1) is 0 Å². The SMILES string of the molecule is COC(=O)c1c(O)c2ncccc2n(CCN(C)[S+](C)[O-])c1=O. The van der Waals surface area contributed by atoms with Gasteiger partial charge in [-0.1, -0.05) is 0 Å². The van der Waals surface area contributed by atoms with Crippen molar-refractivity contribution in [2.45, 2.75) is 6.54 Å². The molecular weight excluding hydrogens is 322 g/mol. The van der Waals surface area contributed by atoms with Gasteiger partial charge < -0.3 is 19.0 Å². The van der Waals surface area contributed by atoms with Crippen LogP contribution in [0.25, 0.3) is 11.0 Å². The first-order valence-corrected chi connectivity index (χ1v) is 8.23. The Morgan fingerprint density at radius 2 is 2.26 bits per heavy atom. The predicted molar refractivity (Wildman–Crippen MR) is 85.7 cm³/mol. The highest BCUT2D eigenvalue weighted by molar-refractivity contribution is 7.88. The van der Waals surface area contributed by atoms with Crippen LogP contribution in [0.1, 0.15) is 10.4 Å². The van der Waals surface area contributed by atoms with Crippen LogP contribution in [0.2, 0.25) is 0 Å². The summed E-state index contributed by atoms with van der Waals surface area (Å²) in [5.41, 5.74) is -0.616. The number of methoxy groups -OCH3 is 1. The fourth-order valence-corrected chi connectivity index (χ4v) is 2.48. The molecule has 0 saturated carbocycles. The minimum absolute atomic E-state index is 0.132. The number of pyridine rings is 2. The molecule has 2 heterocycles. The molecule has 0 aliphatic carbocycles. The maximum atomic E-state index is 12.6. The van der Waals surface area contributed by atoms with E-state index < -0.39 is 34.2 Å². The number of esters is 1. The molecule has 124 valence electrons. The maximum Gasteiger partial charge on any atom is 0.347 e. The Labute approximate surface area is 135 Å². The molecule has 8 nitrogen and oxygen atoms in total. The molecule has 2 aromatic heterocycles. The number of aromatic nitrogens is 2. The highest BCUT2D eigenvalue weighted by Gasteiger charge is 2.24. The summed E-state index contributed by atoms with van der Waals surface area (Å²) in [6, 6.07) is 3.24. The smallest absolute Gasteiger partial charge is 0.347 e. The van der Waals surface area contributed by atoms with E-state index in [1.54, 1.807) is 23.5 Å². The van der Waals surface area contributed by atoms with Crippen LogP contribution in [0.3, 0.4) is 0 Å². The first-order valence-electron chi connectivity index (χ1n) is 6.72. The van der Waals surface area contributed by atoms with Crippen molar-refractivity contribution in [3.63, 3.8) is 0 Å². The van der Waals surface area contributed by atoms with E-state index in [9.17, 15) is 19.2 Å². The van der Waals surface area contributed by atoms with Gasteiger partial charge in [0.15, 0.2) is 11.3 Å². The van der Waals surface area contributed by atoms with Crippen LogP contribution in [0.5, 0.6) is 5.75 Å². The van der Waals surface area contributed by atoms with E-state index in [1.165, 1.54) is 17.0 Å². The largest absolute Gasteiger partial charge is 0.598 e. The van der Waals surface area contributed by atoms with Gasteiger partial charge in [0.2, 0.25) is 0 Å². The molecule has 2 aromatic rings. The van der Waals surface area contributed by atoms with E-state index in [-0.39, 0.29) is 12.1 Å². The van der Waals surface area contributed by atoms with Gasteiger partial charge in [0.25, 0.3) is 5.56 Å². The van der Waals surface area contributed by atoms with Gasteiger partial charge in [0.1, 0.15) is 11.8 Å². The van der Waals surface area contributed by atoms with Gasteiger partial charge in [-0.25, -0.2) is 4.79 Å². The number of hydrogen-bond donors (Lipinski definition) is 1. The number of fused-ring (bicyclic) bond motifs is 1. The third-order valence-electron chi connectivity index (χ3n) is 3.46. The Kier molecular flexibility index (Phi) is 5.24. The van der Waals surface area contributed by atoms with Crippen LogP contribution < -0.4 is 5.56 Å². The van der Waals surface area contributed by atoms with Gasteiger partial charge in [0, 0.05) is 31.2 Å². The lowest BCUT2D eigenvalue weighted by atomic mass is 10.2. The molecule has 0 aliphatic rings. The first-order chi connectivity index (χ1) is 10.9. The Morgan fingerprint density at radius 1 is 1.57 bits per heavy atom. The summed E-state index contributed by atoms with van der Waals surface area (Å²) in [5, 5.41) is 10.2. The van der Waals surface area contributed by atoms with Crippen LogP contribution in [0.15, 0.2) is 23.1 Å². The molecule has 0 fully saturated rings.